The SMILES string of the molecule is CCCCCCCCCCCC[n+]1ccccc1CCCCc1cccc[n+]1CCCCCCCCCCCC.CS(=O)(=O)[O-].CS(=O)(=O)[O-]. The molecule has 2 heterocycles. The number of hydrogen-bond acceptors (Lipinski definition) is 6. The van der Waals surface area contributed by atoms with Gasteiger partial charge in [0.15, 0.2) is 23.8 Å². The van der Waals surface area contributed by atoms with Crippen LogP contribution in [0, 0.1) is 0 Å². The summed E-state index contributed by atoms with van der Waals surface area (Å²) in [6, 6.07) is 13.6. The number of unbranched alkanes of at least 4 members (excludes halogenated alkanes) is 19. The van der Waals surface area contributed by atoms with E-state index >= 15 is 0 Å². The lowest BCUT2D eigenvalue weighted by molar-refractivity contribution is -0.705. The minimum atomic E-state index is -3.92. The predicted octanol–water partition coefficient (Wildman–Crippen LogP) is 8.99. The van der Waals surface area contributed by atoms with E-state index in [-0.39, 0.29) is 0 Å². The van der Waals surface area contributed by atoms with Gasteiger partial charge < -0.3 is 9.11 Å². The molecule has 50 heavy (non-hydrogen) atoms. The van der Waals surface area contributed by atoms with Gasteiger partial charge in [0.1, 0.15) is 13.1 Å². The van der Waals surface area contributed by atoms with Crippen molar-refractivity contribution < 1.29 is 35.1 Å². The molecule has 8 nitrogen and oxygen atoms in total. The second-order valence-corrected chi connectivity index (χ2v) is 16.6. The third kappa shape index (κ3) is 35.9. The van der Waals surface area contributed by atoms with E-state index < -0.39 is 20.2 Å². The van der Waals surface area contributed by atoms with Crippen LogP contribution in [0.5, 0.6) is 0 Å². The van der Waals surface area contributed by atoms with Crippen LogP contribution in [0.4, 0.5) is 0 Å². The van der Waals surface area contributed by atoms with Crippen LogP contribution in [0.2, 0.25) is 0 Å². The lowest BCUT2D eigenvalue weighted by atomic mass is 10.1. The predicted molar refractivity (Wildman–Crippen MR) is 205 cm³/mol. The second-order valence-electron chi connectivity index (χ2n) is 13.8. The Morgan fingerprint density at radius 2 is 0.700 bits per heavy atom. The number of aromatic nitrogens is 2. The van der Waals surface area contributed by atoms with E-state index in [9.17, 15) is 0 Å². The van der Waals surface area contributed by atoms with Crippen LogP contribution in [0.25, 0.3) is 0 Å². The standard InChI is InChI=1S/C38H66N2.2CH4O3S/c1-3-5-7-9-11-13-15-17-19-25-33-39-35-27-23-31-37(39)29-21-22-30-38-32-24-28-36-40(38)34-26-20-18-16-14-12-10-8-6-4-2;2*1-5(2,3)4/h23-24,27-28,31-32,35-36H,3-22,25-26,29-30,33-34H2,1-2H3;2*1H3,(H,2,3,4)/q+2;;/p-2. The van der Waals surface area contributed by atoms with Crippen molar-refractivity contribution in [2.24, 2.45) is 0 Å². The quantitative estimate of drug-likeness (QED) is 0.0512. The summed E-state index contributed by atoms with van der Waals surface area (Å²) in [5, 5.41) is 0. The van der Waals surface area contributed by atoms with Gasteiger partial charge in [-0.2, -0.15) is 0 Å². The van der Waals surface area contributed by atoms with Crippen molar-refractivity contribution >= 4 is 20.2 Å². The van der Waals surface area contributed by atoms with Gasteiger partial charge in [0.25, 0.3) is 0 Å². The summed E-state index contributed by atoms with van der Waals surface area (Å²) in [4.78, 5) is 0. The second kappa shape index (κ2) is 31.8. The normalized spacial score (nSPS) is 11.4. The highest BCUT2D eigenvalue weighted by atomic mass is 32.2. The maximum atomic E-state index is 9.08. The van der Waals surface area contributed by atoms with Crippen molar-refractivity contribution in [3.63, 3.8) is 0 Å². The number of rotatable bonds is 27. The molecule has 2 aromatic rings. The molecule has 0 aromatic carbocycles. The first-order chi connectivity index (χ1) is 23.8. The maximum absolute atomic E-state index is 9.08. The molecule has 290 valence electrons. The van der Waals surface area contributed by atoms with Crippen molar-refractivity contribution in [1.29, 1.82) is 0 Å². The number of hydrogen-bond donors (Lipinski definition) is 0. The monoisotopic (exact) mass is 740 g/mol. The molecule has 2 aromatic heterocycles. The molecule has 0 spiro atoms. The third-order valence-corrected chi connectivity index (χ3v) is 8.69. The molecular formula is C40H72N2O6S2. The number of nitrogens with zero attached hydrogens (tertiary/aromatic N) is 2. The first kappa shape index (κ1) is 48.1. The van der Waals surface area contributed by atoms with Gasteiger partial charge in [-0.25, -0.2) is 26.0 Å². The van der Waals surface area contributed by atoms with Crippen LogP contribution < -0.4 is 9.13 Å². The van der Waals surface area contributed by atoms with Crippen LogP contribution >= 0.6 is 0 Å². The van der Waals surface area contributed by atoms with Crippen molar-refractivity contribution in [3.05, 3.63) is 60.2 Å². The van der Waals surface area contributed by atoms with Crippen LogP contribution in [-0.4, -0.2) is 38.5 Å². The summed E-state index contributed by atoms with van der Waals surface area (Å²) >= 11 is 0. The molecule has 0 N–H and O–H groups in total. The average Bonchev–Trinajstić information content (AvgIpc) is 3.04. The van der Waals surface area contributed by atoms with Crippen LogP contribution in [-0.2, 0) is 46.2 Å². The topological polar surface area (TPSA) is 122 Å². The Morgan fingerprint density at radius 3 is 0.980 bits per heavy atom. The maximum Gasteiger partial charge on any atom is 0.181 e. The molecule has 0 saturated heterocycles. The van der Waals surface area contributed by atoms with Crippen molar-refractivity contribution in [1.82, 2.24) is 0 Å². The average molecular weight is 741 g/mol. The molecular weight excluding hydrogens is 669 g/mol. The van der Waals surface area contributed by atoms with E-state index in [0.717, 1.165) is 0 Å². The Kier molecular flexibility index (Phi) is 30.6. The van der Waals surface area contributed by atoms with Crippen LogP contribution in [0.1, 0.15) is 166 Å². The molecule has 0 saturated carbocycles. The van der Waals surface area contributed by atoms with Gasteiger partial charge in [-0.15, -0.1) is 0 Å². The summed E-state index contributed by atoms with van der Waals surface area (Å²) in [6.45, 7) is 6.97. The zero-order chi connectivity index (χ0) is 37.4. The highest BCUT2D eigenvalue weighted by Crippen LogP contribution is 2.12. The van der Waals surface area contributed by atoms with E-state index in [0.29, 0.717) is 12.5 Å². The van der Waals surface area contributed by atoms with Gasteiger partial charge in [0.05, 0.1) is 20.2 Å². The first-order valence-corrected chi connectivity index (χ1v) is 23.2. The van der Waals surface area contributed by atoms with Gasteiger partial charge in [0.2, 0.25) is 0 Å². The molecule has 0 atom stereocenters. The molecule has 0 aliphatic heterocycles. The summed E-state index contributed by atoms with van der Waals surface area (Å²) in [5.41, 5.74) is 3.04. The van der Waals surface area contributed by atoms with E-state index in [4.69, 9.17) is 25.9 Å². The van der Waals surface area contributed by atoms with Gasteiger partial charge in [-0.1, -0.05) is 129 Å². The molecule has 0 radical (unpaired) electrons. The zero-order valence-electron chi connectivity index (χ0n) is 32.2. The van der Waals surface area contributed by atoms with Crippen molar-refractivity contribution in [2.45, 2.75) is 181 Å². The summed E-state index contributed by atoms with van der Waals surface area (Å²) in [5.74, 6) is 0. The molecule has 10 heteroatoms. The van der Waals surface area contributed by atoms with Crippen molar-refractivity contribution in [3.8, 4) is 0 Å². The Hall–Kier alpha value is -1.88. The highest BCUT2D eigenvalue weighted by molar-refractivity contribution is 7.85. The Balaban J connectivity index is 0.00000210. The first-order valence-electron chi connectivity index (χ1n) is 19.6. The van der Waals surface area contributed by atoms with E-state index in [1.165, 1.54) is 179 Å². The van der Waals surface area contributed by atoms with Gasteiger partial charge >= 0.3 is 0 Å². The molecule has 0 unspecified atom stereocenters. The fourth-order valence-corrected chi connectivity index (χ4v) is 6.06. The Labute approximate surface area is 308 Å². The van der Waals surface area contributed by atoms with Crippen LogP contribution in [0.15, 0.2) is 48.8 Å². The molecule has 2 rings (SSSR count). The molecule has 0 bridgehead atoms. The van der Waals surface area contributed by atoms with Crippen LogP contribution in [0.3, 0.4) is 0 Å². The van der Waals surface area contributed by atoms with E-state index in [1.807, 2.05) is 0 Å². The molecule has 0 aliphatic rings. The summed E-state index contributed by atoms with van der Waals surface area (Å²) in [7, 11) is -7.83. The minimum absolute atomic E-state index is 0.604. The Morgan fingerprint density at radius 1 is 0.440 bits per heavy atom. The smallest absolute Gasteiger partial charge is 0.181 e. The minimum Gasteiger partial charge on any atom is -0.748 e. The Bertz CT molecular complexity index is 1170. The molecule has 0 amide bonds. The summed E-state index contributed by atoms with van der Waals surface area (Å²) in [6.07, 6.45) is 38.9. The largest absolute Gasteiger partial charge is 0.748 e. The summed E-state index contributed by atoms with van der Waals surface area (Å²) < 4.78 is 59.5. The fourth-order valence-electron chi connectivity index (χ4n) is 6.06. The lowest BCUT2D eigenvalue weighted by Gasteiger charge is -2.06. The van der Waals surface area contributed by atoms with E-state index in [1.54, 1.807) is 0 Å². The zero-order valence-corrected chi connectivity index (χ0v) is 33.8. The number of aryl methyl sites for hydroxylation is 4. The van der Waals surface area contributed by atoms with Crippen molar-refractivity contribution in [2.75, 3.05) is 12.5 Å². The highest BCUT2D eigenvalue weighted by Gasteiger charge is 2.12. The molecule has 0 fully saturated rings. The number of pyridine rings is 2. The van der Waals surface area contributed by atoms with Gasteiger partial charge in [-0.05, 0) is 25.7 Å². The van der Waals surface area contributed by atoms with E-state index in [2.05, 4.69) is 71.8 Å². The lowest BCUT2D eigenvalue weighted by Crippen LogP contribution is -2.38. The van der Waals surface area contributed by atoms with Gasteiger partial charge in [-0.3, -0.25) is 0 Å². The molecule has 0 aliphatic carbocycles. The fraction of sp³-hybridized carbons (Fsp3) is 0.750. The van der Waals surface area contributed by atoms with Gasteiger partial charge in [0, 0.05) is 62.5 Å². The third-order valence-electron chi connectivity index (χ3n) is 8.69.